The van der Waals surface area contributed by atoms with E-state index in [0.717, 1.165) is 36.8 Å². The summed E-state index contributed by atoms with van der Waals surface area (Å²) in [6.45, 7) is 0. The van der Waals surface area contributed by atoms with Crippen molar-refractivity contribution in [3.8, 4) is 0 Å². The Hall–Kier alpha value is -3.02. The predicted molar refractivity (Wildman–Crippen MR) is 103 cm³/mol. The second-order valence-electron chi connectivity index (χ2n) is 6.97. The van der Waals surface area contributed by atoms with E-state index < -0.39 is 11.8 Å². The van der Waals surface area contributed by atoms with Gasteiger partial charge >= 0.3 is 0 Å². The van der Waals surface area contributed by atoms with Gasteiger partial charge in [-0.3, -0.25) is 9.59 Å². The van der Waals surface area contributed by atoms with E-state index in [4.69, 9.17) is 22.9 Å². The Morgan fingerprint density at radius 2 is 1.04 bits per heavy atom. The van der Waals surface area contributed by atoms with E-state index in [1.807, 2.05) is 12.1 Å². The molecule has 0 unspecified atom stereocenters. The molecule has 1 aliphatic rings. The van der Waals surface area contributed by atoms with Gasteiger partial charge in [-0.05, 0) is 85.0 Å². The maximum absolute atomic E-state index is 11.7. The van der Waals surface area contributed by atoms with Gasteiger partial charge in [-0.15, -0.1) is 0 Å². The van der Waals surface area contributed by atoms with Crippen LogP contribution < -0.4 is 22.9 Å². The van der Waals surface area contributed by atoms with Crippen LogP contribution in [0.1, 0.15) is 69.4 Å². The summed E-state index contributed by atoms with van der Waals surface area (Å²) in [6.07, 6.45) is 3.51. The number of nitrogen functional groups attached to an aromatic ring is 2. The monoisotopic (exact) mass is 352 g/mol. The minimum Gasteiger partial charge on any atom is -0.399 e. The summed E-state index contributed by atoms with van der Waals surface area (Å²) in [4.78, 5) is 23.5. The number of rotatable bonds is 4. The first kappa shape index (κ1) is 17.8. The molecule has 0 heterocycles. The lowest BCUT2D eigenvalue weighted by Crippen LogP contribution is -2.21. The Kier molecular flexibility index (Phi) is 4.84. The van der Waals surface area contributed by atoms with Crippen molar-refractivity contribution in [1.29, 1.82) is 0 Å². The van der Waals surface area contributed by atoms with Crippen LogP contribution in [0.3, 0.4) is 0 Å². The molecule has 0 bridgehead atoms. The van der Waals surface area contributed by atoms with Crippen molar-refractivity contribution in [2.45, 2.75) is 37.5 Å². The number of hydrogen-bond acceptors (Lipinski definition) is 4. The largest absolute Gasteiger partial charge is 0.399 e. The number of carbonyl (C=O) groups excluding carboxylic acids is 2. The molecule has 6 nitrogen and oxygen atoms in total. The van der Waals surface area contributed by atoms with Crippen LogP contribution in [0.4, 0.5) is 11.4 Å². The second kappa shape index (κ2) is 7.07. The number of nitrogens with two attached hydrogens (primary N) is 4. The Morgan fingerprint density at radius 3 is 1.35 bits per heavy atom. The summed E-state index contributed by atoms with van der Waals surface area (Å²) in [6, 6.07) is 10.5. The average molecular weight is 352 g/mol. The molecule has 2 amide bonds. The molecule has 0 aromatic heterocycles. The van der Waals surface area contributed by atoms with Gasteiger partial charge in [0.25, 0.3) is 0 Å². The van der Waals surface area contributed by atoms with Gasteiger partial charge in [0.1, 0.15) is 0 Å². The SMILES string of the molecule is NC(=O)c1ccc(N)cc1C1CCC(c2cc(N)ccc2C(N)=O)CC1. The minimum absolute atomic E-state index is 0.218. The van der Waals surface area contributed by atoms with E-state index in [2.05, 4.69) is 0 Å². The van der Waals surface area contributed by atoms with E-state index in [-0.39, 0.29) is 11.8 Å². The van der Waals surface area contributed by atoms with E-state index in [9.17, 15) is 9.59 Å². The van der Waals surface area contributed by atoms with E-state index in [1.54, 1.807) is 24.3 Å². The highest BCUT2D eigenvalue weighted by Gasteiger charge is 2.28. The quantitative estimate of drug-likeness (QED) is 0.628. The van der Waals surface area contributed by atoms with Gasteiger partial charge in [-0.1, -0.05) is 0 Å². The van der Waals surface area contributed by atoms with Crippen molar-refractivity contribution in [2.75, 3.05) is 11.5 Å². The van der Waals surface area contributed by atoms with E-state index in [1.165, 1.54) is 0 Å². The van der Waals surface area contributed by atoms with Gasteiger partial charge < -0.3 is 22.9 Å². The normalized spacial score (nSPS) is 19.8. The van der Waals surface area contributed by atoms with Crippen molar-refractivity contribution < 1.29 is 9.59 Å². The fourth-order valence-corrected chi connectivity index (χ4v) is 4.00. The smallest absolute Gasteiger partial charge is 0.248 e. The first-order valence-corrected chi connectivity index (χ1v) is 8.75. The number of benzene rings is 2. The molecule has 3 rings (SSSR count). The third-order valence-corrected chi connectivity index (χ3v) is 5.29. The molecule has 1 aliphatic carbocycles. The van der Waals surface area contributed by atoms with Crippen LogP contribution in [0, 0.1) is 0 Å². The molecular weight excluding hydrogens is 328 g/mol. The Balaban J connectivity index is 1.83. The minimum atomic E-state index is -0.436. The van der Waals surface area contributed by atoms with Crippen LogP contribution in [-0.4, -0.2) is 11.8 Å². The molecule has 136 valence electrons. The Morgan fingerprint density at radius 1 is 0.692 bits per heavy atom. The summed E-state index contributed by atoms with van der Waals surface area (Å²) < 4.78 is 0. The van der Waals surface area contributed by atoms with Gasteiger partial charge in [-0.2, -0.15) is 0 Å². The number of hydrogen-bond donors (Lipinski definition) is 4. The molecule has 6 heteroatoms. The Labute approximate surface area is 152 Å². The van der Waals surface area contributed by atoms with Crippen LogP contribution in [0.15, 0.2) is 36.4 Å². The first-order chi connectivity index (χ1) is 12.4. The highest BCUT2D eigenvalue weighted by Crippen LogP contribution is 2.42. The fourth-order valence-electron chi connectivity index (χ4n) is 4.00. The standard InChI is InChI=1S/C20H24N4O2/c21-13-5-7-15(19(23)25)17(9-13)11-1-2-12(4-3-11)18-10-14(22)6-8-16(18)20(24)26/h5-12H,1-4,21-22H2,(H2,23,25)(H2,24,26). The van der Waals surface area contributed by atoms with Crippen LogP contribution in [-0.2, 0) is 0 Å². The fraction of sp³-hybridized carbons (Fsp3) is 0.300. The summed E-state index contributed by atoms with van der Waals surface area (Å²) >= 11 is 0. The highest BCUT2D eigenvalue weighted by atomic mass is 16.1. The molecule has 1 saturated carbocycles. The third-order valence-electron chi connectivity index (χ3n) is 5.29. The van der Waals surface area contributed by atoms with Crippen LogP contribution in [0.25, 0.3) is 0 Å². The zero-order valence-corrected chi connectivity index (χ0v) is 14.6. The van der Waals surface area contributed by atoms with Crippen LogP contribution in [0.2, 0.25) is 0 Å². The molecule has 0 radical (unpaired) electrons. The van der Waals surface area contributed by atoms with E-state index in [0.29, 0.717) is 22.5 Å². The number of amides is 2. The maximum Gasteiger partial charge on any atom is 0.248 e. The lowest BCUT2D eigenvalue weighted by atomic mass is 9.74. The molecular formula is C20H24N4O2. The van der Waals surface area contributed by atoms with E-state index >= 15 is 0 Å². The molecule has 0 aliphatic heterocycles. The molecule has 26 heavy (non-hydrogen) atoms. The zero-order chi connectivity index (χ0) is 18.8. The van der Waals surface area contributed by atoms with Gasteiger partial charge in [-0.25, -0.2) is 0 Å². The van der Waals surface area contributed by atoms with Crippen molar-refractivity contribution in [2.24, 2.45) is 11.5 Å². The molecule has 0 spiro atoms. The van der Waals surface area contributed by atoms with Gasteiger partial charge in [0.15, 0.2) is 0 Å². The zero-order valence-electron chi connectivity index (χ0n) is 14.6. The van der Waals surface area contributed by atoms with Crippen LogP contribution in [0.5, 0.6) is 0 Å². The molecule has 0 atom stereocenters. The summed E-state index contributed by atoms with van der Waals surface area (Å²) in [5.74, 6) is -0.436. The molecule has 2 aromatic carbocycles. The van der Waals surface area contributed by atoms with Crippen molar-refractivity contribution in [1.82, 2.24) is 0 Å². The van der Waals surface area contributed by atoms with Crippen molar-refractivity contribution in [3.63, 3.8) is 0 Å². The first-order valence-electron chi connectivity index (χ1n) is 8.75. The number of carbonyl (C=O) groups is 2. The van der Waals surface area contributed by atoms with Gasteiger partial charge in [0.05, 0.1) is 0 Å². The second-order valence-corrected chi connectivity index (χ2v) is 6.97. The molecule has 1 fully saturated rings. The molecule has 8 N–H and O–H groups in total. The topological polar surface area (TPSA) is 138 Å². The number of anilines is 2. The Bertz CT molecular complexity index is 783. The lowest BCUT2D eigenvalue weighted by molar-refractivity contribution is 0.0989. The van der Waals surface area contributed by atoms with Gasteiger partial charge in [0, 0.05) is 22.5 Å². The maximum atomic E-state index is 11.7. The lowest BCUT2D eigenvalue weighted by Gasteiger charge is -2.31. The van der Waals surface area contributed by atoms with Gasteiger partial charge in [0.2, 0.25) is 11.8 Å². The van der Waals surface area contributed by atoms with Crippen molar-refractivity contribution >= 4 is 23.2 Å². The predicted octanol–water partition coefficient (Wildman–Crippen LogP) is 2.49. The van der Waals surface area contributed by atoms with Crippen molar-refractivity contribution in [3.05, 3.63) is 58.7 Å². The summed E-state index contributed by atoms with van der Waals surface area (Å²) in [5, 5.41) is 0. The van der Waals surface area contributed by atoms with Crippen LogP contribution >= 0.6 is 0 Å². The third kappa shape index (κ3) is 3.49. The highest BCUT2D eigenvalue weighted by molar-refractivity contribution is 5.95. The molecule has 2 aromatic rings. The molecule has 0 saturated heterocycles. The average Bonchev–Trinajstić information content (AvgIpc) is 2.61. The summed E-state index contributed by atoms with van der Waals surface area (Å²) in [7, 11) is 0. The number of primary amides is 2. The summed E-state index contributed by atoms with van der Waals surface area (Å²) in [5.41, 5.74) is 27.0.